The van der Waals surface area contributed by atoms with E-state index in [1.165, 1.54) is 6.20 Å². The summed E-state index contributed by atoms with van der Waals surface area (Å²) in [6, 6.07) is 0. The van der Waals surface area contributed by atoms with Crippen molar-refractivity contribution in [1.29, 1.82) is 0 Å². The molecule has 102 valence electrons. The van der Waals surface area contributed by atoms with Crippen molar-refractivity contribution < 1.29 is 19.4 Å². The van der Waals surface area contributed by atoms with E-state index in [1.54, 1.807) is 13.8 Å². The number of hydrogen-bond donors (Lipinski definition) is 2. The van der Waals surface area contributed by atoms with Crippen LogP contribution in [0.5, 0.6) is 0 Å². The monoisotopic (exact) mass is 265 g/mol. The maximum Gasteiger partial charge on any atom is 0.341 e. The van der Waals surface area contributed by atoms with Gasteiger partial charge in [-0.05, 0) is 26.7 Å². The number of carboxylic acids is 1. The first-order chi connectivity index (χ1) is 8.98. The molecule has 0 atom stereocenters. The smallest absolute Gasteiger partial charge is 0.341 e. The number of carbonyl (C=O) groups excluding carboxylic acids is 1. The summed E-state index contributed by atoms with van der Waals surface area (Å²) < 4.78 is 4.87. The number of carboxylic acid groups (broad SMARTS) is 1. The first-order valence-electron chi connectivity index (χ1n) is 6.01. The Labute approximate surface area is 110 Å². The van der Waals surface area contributed by atoms with E-state index in [1.807, 2.05) is 0 Å². The molecule has 2 rings (SSSR count). The summed E-state index contributed by atoms with van der Waals surface area (Å²) in [5.41, 5.74) is -0.206. The highest BCUT2D eigenvalue weighted by atomic mass is 16.5. The van der Waals surface area contributed by atoms with Crippen molar-refractivity contribution in [2.24, 2.45) is 0 Å². The van der Waals surface area contributed by atoms with E-state index in [0.29, 0.717) is 18.5 Å². The van der Waals surface area contributed by atoms with Crippen LogP contribution in [0, 0.1) is 6.92 Å². The fourth-order valence-electron chi connectivity index (χ4n) is 1.67. The van der Waals surface area contributed by atoms with Gasteiger partial charge in [-0.1, -0.05) is 0 Å². The highest BCUT2D eigenvalue weighted by molar-refractivity contribution is 5.90. The lowest BCUT2D eigenvalue weighted by Gasteiger charge is -2.13. The largest absolute Gasteiger partial charge is 0.480 e. The second-order valence-electron chi connectivity index (χ2n) is 4.43. The van der Waals surface area contributed by atoms with Crippen molar-refractivity contribution in [3.63, 3.8) is 0 Å². The molecule has 19 heavy (non-hydrogen) atoms. The number of rotatable bonds is 5. The third kappa shape index (κ3) is 2.64. The van der Waals surface area contributed by atoms with Crippen LogP contribution < -0.4 is 5.32 Å². The molecule has 7 nitrogen and oxygen atoms in total. The van der Waals surface area contributed by atoms with E-state index in [-0.39, 0.29) is 18.1 Å². The van der Waals surface area contributed by atoms with Crippen molar-refractivity contribution in [3.8, 4) is 0 Å². The molecule has 1 aromatic rings. The number of anilines is 1. The predicted molar refractivity (Wildman–Crippen MR) is 65.9 cm³/mol. The number of carbonyl (C=O) groups is 2. The van der Waals surface area contributed by atoms with Gasteiger partial charge in [0.2, 0.25) is 5.95 Å². The van der Waals surface area contributed by atoms with Crippen LogP contribution in [0.4, 0.5) is 5.95 Å². The third-order valence-corrected chi connectivity index (χ3v) is 2.99. The fourth-order valence-corrected chi connectivity index (χ4v) is 1.67. The van der Waals surface area contributed by atoms with Gasteiger partial charge in [-0.2, -0.15) is 0 Å². The van der Waals surface area contributed by atoms with Gasteiger partial charge in [0, 0.05) is 6.20 Å². The number of nitrogens with zero attached hydrogens (tertiary/aromatic N) is 2. The van der Waals surface area contributed by atoms with E-state index in [4.69, 9.17) is 9.84 Å². The SMILES string of the molecule is CCOC(=O)c1cnc(NC2(C(=O)O)CC2)nc1C. The molecule has 1 fully saturated rings. The Morgan fingerprint density at radius 3 is 2.68 bits per heavy atom. The molecule has 0 aliphatic heterocycles. The van der Waals surface area contributed by atoms with Gasteiger partial charge >= 0.3 is 11.9 Å². The molecule has 0 bridgehead atoms. The van der Waals surface area contributed by atoms with Crippen LogP contribution in [0.25, 0.3) is 0 Å². The maximum atomic E-state index is 11.6. The molecular formula is C12H15N3O4. The Balaban J connectivity index is 2.15. The number of nitrogens with one attached hydrogen (secondary N) is 1. The van der Waals surface area contributed by atoms with Gasteiger partial charge in [0.1, 0.15) is 5.54 Å². The van der Waals surface area contributed by atoms with Crippen LogP contribution in [-0.2, 0) is 9.53 Å². The lowest BCUT2D eigenvalue weighted by Crippen LogP contribution is -2.32. The molecule has 0 saturated heterocycles. The van der Waals surface area contributed by atoms with Crippen LogP contribution >= 0.6 is 0 Å². The van der Waals surface area contributed by atoms with Crippen molar-refractivity contribution in [1.82, 2.24) is 9.97 Å². The number of aryl methyl sites for hydroxylation is 1. The molecule has 0 aromatic carbocycles. The first-order valence-corrected chi connectivity index (χ1v) is 6.01. The van der Waals surface area contributed by atoms with Crippen molar-refractivity contribution in [3.05, 3.63) is 17.5 Å². The lowest BCUT2D eigenvalue weighted by atomic mass is 10.2. The molecule has 0 amide bonds. The van der Waals surface area contributed by atoms with Crippen molar-refractivity contribution in [2.45, 2.75) is 32.2 Å². The molecule has 1 saturated carbocycles. The van der Waals surface area contributed by atoms with Gasteiger partial charge in [-0.25, -0.2) is 19.6 Å². The van der Waals surface area contributed by atoms with E-state index >= 15 is 0 Å². The quantitative estimate of drug-likeness (QED) is 0.765. The lowest BCUT2D eigenvalue weighted by molar-refractivity contribution is -0.138. The van der Waals surface area contributed by atoms with Crippen LogP contribution in [0.2, 0.25) is 0 Å². The summed E-state index contributed by atoms with van der Waals surface area (Å²) in [5, 5.41) is 11.8. The third-order valence-electron chi connectivity index (χ3n) is 2.99. The second-order valence-corrected chi connectivity index (χ2v) is 4.43. The van der Waals surface area contributed by atoms with Crippen LogP contribution in [-0.4, -0.2) is 39.2 Å². The molecular weight excluding hydrogens is 250 g/mol. The van der Waals surface area contributed by atoms with E-state index in [0.717, 1.165) is 0 Å². The summed E-state index contributed by atoms with van der Waals surface area (Å²) in [5.74, 6) is -1.18. The van der Waals surface area contributed by atoms with Gasteiger partial charge < -0.3 is 15.2 Å². The number of hydrogen-bond acceptors (Lipinski definition) is 6. The average molecular weight is 265 g/mol. The topological polar surface area (TPSA) is 101 Å². The predicted octanol–water partition coefficient (Wildman–Crippen LogP) is 0.991. The van der Waals surface area contributed by atoms with Crippen molar-refractivity contribution in [2.75, 3.05) is 11.9 Å². The Morgan fingerprint density at radius 2 is 2.21 bits per heavy atom. The zero-order chi connectivity index (χ0) is 14.0. The van der Waals surface area contributed by atoms with Gasteiger partial charge in [0.05, 0.1) is 17.9 Å². The molecule has 1 aliphatic rings. The second kappa shape index (κ2) is 4.83. The highest BCUT2D eigenvalue weighted by Gasteiger charge is 2.51. The maximum absolute atomic E-state index is 11.6. The standard InChI is InChI=1S/C12H15N3O4/c1-3-19-9(16)8-6-13-11(14-7(8)2)15-12(4-5-12)10(17)18/h6H,3-5H2,1-2H3,(H,17,18)(H,13,14,15). The molecule has 0 spiro atoms. The minimum atomic E-state index is -0.947. The number of aromatic nitrogens is 2. The summed E-state index contributed by atoms with van der Waals surface area (Å²) in [7, 11) is 0. The van der Waals surface area contributed by atoms with E-state index in [9.17, 15) is 9.59 Å². The minimum absolute atomic E-state index is 0.213. The Bertz CT molecular complexity index is 526. The van der Waals surface area contributed by atoms with Gasteiger partial charge in [-0.3, -0.25) is 0 Å². The highest BCUT2D eigenvalue weighted by Crippen LogP contribution is 2.38. The van der Waals surface area contributed by atoms with Crippen LogP contribution in [0.1, 0.15) is 35.8 Å². The number of aliphatic carboxylic acids is 1. The molecule has 2 N–H and O–H groups in total. The Kier molecular flexibility index (Phi) is 3.37. The minimum Gasteiger partial charge on any atom is -0.480 e. The number of ether oxygens (including phenoxy) is 1. The van der Waals surface area contributed by atoms with Crippen LogP contribution in [0.3, 0.4) is 0 Å². The molecule has 1 aliphatic carbocycles. The Morgan fingerprint density at radius 1 is 1.53 bits per heavy atom. The fraction of sp³-hybridized carbons (Fsp3) is 0.500. The summed E-state index contributed by atoms with van der Waals surface area (Å²) >= 11 is 0. The van der Waals surface area contributed by atoms with E-state index in [2.05, 4.69) is 15.3 Å². The average Bonchev–Trinajstić information content (AvgIpc) is 3.10. The first kappa shape index (κ1) is 13.3. The summed E-state index contributed by atoms with van der Waals surface area (Å²) in [6.07, 6.45) is 2.44. The summed E-state index contributed by atoms with van der Waals surface area (Å²) in [6.45, 7) is 3.65. The molecule has 0 radical (unpaired) electrons. The van der Waals surface area contributed by atoms with Gasteiger partial charge in [0.15, 0.2) is 0 Å². The van der Waals surface area contributed by atoms with Crippen LogP contribution in [0.15, 0.2) is 6.20 Å². The van der Waals surface area contributed by atoms with Gasteiger partial charge in [0.25, 0.3) is 0 Å². The normalized spacial score (nSPS) is 15.7. The van der Waals surface area contributed by atoms with Crippen molar-refractivity contribution >= 4 is 17.9 Å². The Hall–Kier alpha value is -2.18. The van der Waals surface area contributed by atoms with Gasteiger partial charge in [-0.15, -0.1) is 0 Å². The molecule has 7 heteroatoms. The zero-order valence-corrected chi connectivity index (χ0v) is 10.8. The molecule has 1 heterocycles. The molecule has 0 unspecified atom stereocenters. The zero-order valence-electron chi connectivity index (χ0n) is 10.8. The number of esters is 1. The molecule has 1 aromatic heterocycles. The summed E-state index contributed by atoms with van der Waals surface area (Å²) in [4.78, 5) is 30.7. The van der Waals surface area contributed by atoms with E-state index < -0.39 is 17.5 Å².